The molecule has 0 aliphatic heterocycles. The van der Waals surface area contributed by atoms with Crippen molar-refractivity contribution in [3.63, 3.8) is 0 Å². The van der Waals surface area contributed by atoms with E-state index in [9.17, 15) is 9.59 Å². The molecule has 1 aliphatic carbocycles. The standard InChI is InChI=1S/C18H23N3O2/c1-11-6-8-13(9-7-11)16-15(17(22)21-18(23)20-16)10-14-5-3-4-12(2)19-14/h3-5,11,13H,6-10H2,1-2H3,(H2,20,21,22,23). The second kappa shape index (κ2) is 6.52. The third-order valence-electron chi connectivity index (χ3n) is 4.80. The maximum Gasteiger partial charge on any atom is 0.325 e. The number of aromatic amines is 2. The van der Waals surface area contributed by atoms with Gasteiger partial charge in [0.05, 0.1) is 0 Å². The summed E-state index contributed by atoms with van der Waals surface area (Å²) in [5.74, 6) is 0.989. The third-order valence-corrected chi connectivity index (χ3v) is 4.80. The molecule has 1 fully saturated rings. The molecule has 0 amide bonds. The molecule has 0 radical (unpaired) electrons. The van der Waals surface area contributed by atoms with Gasteiger partial charge in [-0.1, -0.05) is 25.8 Å². The molecule has 5 nitrogen and oxygen atoms in total. The largest absolute Gasteiger partial charge is 0.325 e. The summed E-state index contributed by atoms with van der Waals surface area (Å²) in [6, 6.07) is 5.80. The highest BCUT2D eigenvalue weighted by molar-refractivity contribution is 5.27. The van der Waals surface area contributed by atoms with Gasteiger partial charge in [0.25, 0.3) is 5.56 Å². The van der Waals surface area contributed by atoms with Crippen LogP contribution >= 0.6 is 0 Å². The minimum Gasteiger partial charge on any atom is -0.311 e. The highest BCUT2D eigenvalue weighted by Crippen LogP contribution is 2.35. The van der Waals surface area contributed by atoms with Crippen LogP contribution < -0.4 is 11.2 Å². The minimum absolute atomic E-state index is 0.265. The molecule has 1 aliphatic rings. The Morgan fingerprint density at radius 2 is 1.87 bits per heavy atom. The zero-order valence-electron chi connectivity index (χ0n) is 13.7. The van der Waals surface area contributed by atoms with Crippen molar-refractivity contribution >= 4 is 0 Å². The van der Waals surface area contributed by atoms with Crippen molar-refractivity contribution in [2.75, 3.05) is 0 Å². The van der Waals surface area contributed by atoms with Crippen molar-refractivity contribution < 1.29 is 0 Å². The first-order valence-corrected chi connectivity index (χ1v) is 8.31. The minimum atomic E-state index is -0.412. The summed E-state index contributed by atoms with van der Waals surface area (Å²) in [4.78, 5) is 33.9. The van der Waals surface area contributed by atoms with Crippen LogP contribution in [0.1, 0.15) is 61.2 Å². The summed E-state index contributed by atoms with van der Waals surface area (Å²) < 4.78 is 0. The van der Waals surface area contributed by atoms with E-state index < -0.39 is 5.69 Å². The van der Waals surface area contributed by atoms with Crippen molar-refractivity contribution in [2.45, 2.75) is 51.9 Å². The molecule has 2 heterocycles. The summed E-state index contributed by atoms with van der Waals surface area (Å²) in [5.41, 5.74) is 2.55. The van der Waals surface area contributed by atoms with E-state index in [4.69, 9.17) is 0 Å². The fourth-order valence-corrected chi connectivity index (χ4v) is 3.48. The summed E-state index contributed by atoms with van der Waals surface area (Å²) in [5, 5.41) is 0. The van der Waals surface area contributed by atoms with E-state index in [1.165, 1.54) is 0 Å². The monoisotopic (exact) mass is 313 g/mol. The number of aromatic nitrogens is 3. The lowest BCUT2D eigenvalue weighted by Crippen LogP contribution is -2.30. The first kappa shape index (κ1) is 15.7. The van der Waals surface area contributed by atoms with Gasteiger partial charge in [0, 0.05) is 29.1 Å². The summed E-state index contributed by atoms with van der Waals surface area (Å²) >= 11 is 0. The zero-order valence-corrected chi connectivity index (χ0v) is 13.7. The van der Waals surface area contributed by atoms with E-state index in [2.05, 4.69) is 21.9 Å². The average molecular weight is 313 g/mol. The Labute approximate surface area is 135 Å². The molecule has 2 aromatic heterocycles. The molecule has 0 spiro atoms. The second-order valence-electron chi connectivity index (χ2n) is 6.70. The normalized spacial score (nSPS) is 21.3. The number of H-pyrrole nitrogens is 2. The molecule has 5 heteroatoms. The van der Waals surface area contributed by atoms with Gasteiger partial charge < -0.3 is 4.98 Å². The molecule has 2 aromatic rings. The highest BCUT2D eigenvalue weighted by Gasteiger charge is 2.24. The Balaban J connectivity index is 1.98. The molecule has 0 atom stereocenters. The molecule has 0 aromatic carbocycles. The zero-order chi connectivity index (χ0) is 16.4. The number of pyridine rings is 1. The maximum absolute atomic E-state index is 12.4. The van der Waals surface area contributed by atoms with Crippen LogP contribution in [0.3, 0.4) is 0 Å². The molecular weight excluding hydrogens is 290 g/mol. The van der Waals surface area contributed by atoms with E-state index in [-0.39, 0.29) is 11.5 Å². The summed E-state index contributed by atoms with van der Waals surface area (Å²) in [6.45, 7) is 4.19. The van der Waals surface area contributed by atoms with Gasteiger partial charge in [0.2, 0.25) is 0 Å². The van der Waals surface area contributed by atoms with Gasteiger partial charge in [-0.25, -0.2) is 4.79 Å². The van der Waals surface area contributed by atoms with Gasteiger partial charge in [0.15, 0.2) is 0 Å². The number of rotatable bonds is 3. The van der Waals surface area contributed by atoms with Crippen LogP contribution in [0.5, 0.6) is 0 Å². The van der Waals surface area contributed by atoms with Gasteiger partial charge in [0.1, 0.15) is 0 Å². The molecule has 23 heavy (non-hydrogen) atoms. The van der Waals surface area contributed by atoms with Crippen LogP contribution in [0.25, 0.3) is 0 Å². The summed E-state index contributed by atoms with van der Waals surface area (Å²) in [6.07, 6.45) is 4.78. The SMILES string of the molecule is Cc1cccc(Cc2c(C3CCC(C)CC3)[nH]c(=O)[nH]c2=O)n1. The van der Waals surface area contributed by atoms with E-state index >= 15 is 0 Å². The van der Waals surface area contributed by atoms with Gasteiger partial charge in [-0.3, -0.25) is 14.8 Å². The fourth-order valence-electron chi connectivity index (χ4n) is 3.48. The van der Waals surface area contributed by atoms with Gasteiger partial charge in [-0.2, -0.15) is 0 Å². The van der Waals surface area contributed by atoms with Gasteiger partial charge in [-0.15, -0.1) is 0 Å². The number of nitrogens with one attached hydrogen (secondary N) is 2. The quantitative estimate of drug-likeness (QED) is 0.914. The maximum atomic E-state index is 12.4. The predicted molar refractivity (Wildman–Crippen MR) is 89.8 cm³/mol. The van der Waals surface area contributed by atoms with Crippen LogP contribution in [-0.2, 0) is 6.42 Å². The smallest absolute Gasteiger partial charge is 0.311 e. The average Bonchev–Trinajstić information content (AvgIpc) is 2.51. The lowest BCUT2D eigenvalue weighted by molar-refractivity contribution is 0.342. The number of nitrogens with zero attached hydrogens (tertiary/aromatic N) is 1. The molecule has 122 valence electrons. The number of hydrogen-bond donors (Lipinski definition) is 2. The van der Waals surface area contributed by atoms with Crippen molar-refractivity contribution in [1.82, 2.24) is 15.0 Å². The lowest BCUT2D eigenvalue weighted by atomic mass is 9.80. The molecule has 3 rings (SSSR count). The van der Waals surface area contributed by atoms with E-state index in [0.29, 0.717) is 12.0 Å². The molecule has 2 N–H and O–H groups in total. The van der Waals surface area contributed by atoms with Crippen LogP contribution in [0.4, 0.5) is 0 Å². The van der Waals surface area contributed by atoms with Gasteiger partial charge in [-0.05, 0) is 43.7 Å². The van der Waals surface area contributed by atoms with Crippen LogP contribution in [0.15, 0.2) is 27.8 Å². The molecule has 0 bridgehead atoms. The number of hydrogen-bond acceptors (Lipinski definition) is 3. The van der Waals surface area contributed by atoms with Crippen molar-refractivity contribution in [2.24, 2.45) is 5.92 Å². The molecule has 1 saturated carbocycles. The molecular formula is C18H23N3O2. The topological polar surface area (TPSA) is 78.6 Å². The third kappa shape index (κ3) is 3.60. The molecule has 0 saturated heterocycles. The Morgan fingerprint density at radius 3 is 2.57 bits per heavy atom. The van der Waals surface area contributed by atoms with E-state index in [1.807, 2.05) is 25.1 Å². The Hall–Kier alpha value is -2.17. The Bertz CT molecular complexity index is 798. The van der Waals surface area contributed by atoms with Crippen molar-refractivity contribution in [3.05, 3.63) is 61.7 Å². The lowest BCUT2D eigenvalue weighted by Gasteiger charge is -2.27. The second-order valence-corrected chi connectivity index (χ2v) is 6.70. The van der Waals surface area contributed by atoms with Crippen LogP contribution in [-0.4, -0.2) is 15.0 Å². The van der Waals surface area contributed by atoms with Gasteiger partial charge >= 0.3 is 5.69 Å². The summed E-state index contributed by atoms with van der Waals surface area (Å²) in [7, 11) is 0. The van der Waals surface area contributed by atoms with Crippen LogP contribution in [0, 0.1) is 12.8 Å². The molecule has 0 unspecified atom stereocenters. The predicted octanol–water partition coefficient (Wildman–Crippen LogP) is 2.65. The van der Waals surface area contributed by atoms with Crippen molar-refractivity contribution in [3.8, 4) is 0 Å². The highest BCUT2D eigenvalue weighted by atomic mass is 16.2. The number of aryl methyl sites for hydroxylation is 1. The Morgan fingerprint density at radius 1 is 1.13 bits per heavy atom. The van der Waals surface area contributed by atoms with Crippen molar-refractivity contribution in [1.29, 1.82) is 0 Å². The van der Waals surface area contributed by atoms with Crippen LogP contribution in [0.2, 0.25) is 0 Å². The van der Waals surface area contributed by atoms with E-state index in [0.717, 1.165) is 48.7 Å². The Kier molecular flexibility index (Phi) is 4.46. The van der Waals surface area contributed by atoms with E-state index in [1.54, 1.807) is 0 Å². The first-order chi connectivity index (χ1) is 11.0. The fraction of sp³-hybridized carbons (Fsp3) is 0.500. The first-order valence-electron chi connectivity index (χ1n) is 8.31.